The maximum atomic E-state index is 8.66. The second-order valence-electron chi connectivity index (χ2n) is 17.4. The molecule has 1 spiro atoms. The van der Waals surface area contributed by atoms with Crippen LogP contribution in [0.25, 0.3) is 95.0 Å². The van der Waals surface area contributed by atoms with Crippen LogP contribution in [0.5, 0.6) is 5.75 Å². The lowest BCUT2D eigenvalue weighted by Crippen LogP contribution is -2.78. The molecule has 0 radical (unpaired) electrons. The molecule has 13 rings (SSSR count). The molecule has 5 heterocycles. The predicted octanol–water partition coefficient (Wildman–Crippen LogP) is 13.5. The van der Waals surface area contributed by atoms with Gasteiger partial charge in [0.05, 0.1) is 5.56 Å². The van der Waals surface area contributed by atoms with Crippen molar-refractivity contribution in [2.24, 2.45) is 0 Å². The summed E-state index contributed by atoms with van der Waals surface area (Å²) < 4.78 is 23.8. The molecule has 0 saturated carbocycles. The number of hydrogen-bond acceptors (Lipinski definition) is 1. The number of imidazole rings is 1. The summed E-state index contributed by atoms with van der Waals surface area (Å²) in [5.41, 5.74) is 21.5. The first kappa shape index (κ1) is 34.8. The highest BCUT2D eigenvalue weighted by Gasteiger charge is 2.68. The van der Waals surface area contributed by atoms with Gasteiger partial charge in [0.2, 0.25) is 5.69 Å². The second kappa shape index (κ2) is 13.3. The van der Waals surface area contributed by atoms with E-state index in [9.17, 15) is 0 Å². The molecule has 8 aromatic carbocycles. The van der Waals surface area contributed by atoms with E-state index < -0.39 is 11.7 Å². The normalized spacial score (nSPS) is 15.3. The summed E-state index contributed by atoms with van der Waals surface area (Å²) in [5, 5.41) is 0. The average molecular weight is 811 g/mol. The maximum absolute atomic E-state index is 8.66. The van der Waals surface area contributed by atoms with Crippen molar-refractivity contribution in [1.29, 1.82) is 0 Å². The van der Waals surface area contributed by atoms with Crippen LogP contribution in [0.2, 0.25) is 0 Å². The average Bonchev–Trinajstić information content (AvgIpc) is 3.83. The summed E-state index contributed by atoms with van der Waals surface area (Å²) in [6.07, 6.45) is 2.23. The number of ether oxygens (including phenoxy) is 1. The first-order valence-electron chi connectivity index (χ1n) is 22.3. The van der Waals surface area contributed by atoms with E-state index in [1.54, 1.807) is 0 Å². The molecule has 10 aromatic rings. The monoisotopic (exact) mass is 810 g/mol. The quantitative estimate of drug-likeness (QED) is 0.153. The van der Waals surface area contributed by atoms with Gasteiger partial charge >= 0.3 is 11.7 Å². The van der Waals surface area contributed by atoms with E-state index >= 15 is 0 Å². The topological polar surface area (TPSA) is 21.9 Å². The Hall–Kier alpha value is -7.82. The molecule has 298 valence electrons. The van der Waals surface area contributed by atoms with Gasteiger partial charge in [0.15, 0.2) is 17.2 Å². The summed E-state index contributed by atoms with van der Waals surface area (Å²) >= 11 is 0. The highest BCUT2D eigenvalue weighted by atomic mass is 16.5. The Labute approximate surface area is 368 Å². The fraction of sp³-hybridized carbons (Fsp3) is 0.0847. The molecule has 0 N–H and O–H groups in total. The summed E-state index contributed by atoms with van der Waals surface area (Å²) in [6.45, 7) is 6.11. The number of rotatable bonds is 6. The first-order valence-corrected chi connectivity index (χ1v) is 21.8. The number of pyridine rings is 1. The fourth-order valence-corrected chi connectivity index (χ4v) is 10.7. The van der Waals surface area contributed by atoms with Gasteiger partial charge in [-0.15, -0.1) is 9.13 Å². The number of aryl methyl sites for hydroxylation is 1. The van der Waals surface area contributed by atoms with Gasteiger partial charge in [-0.05, 0) is 111 Å². The van der Waals surface area contributed by atoms with Crippen LogP contribution in [0.3, 0.4) is 0 Å². The molecule has 3 aliphatic heterocycles. The Morgan fingerprint density at radius 1 is 0.524 bits per heavy atom. The lowest BCUT2D eigenvalue weighted by Gasteiger charge is -2.32. The Bertz CT molecular complexity index is 3550. The Balaban J connectivity index is 1.17. The summed E-state index contributed by atoms with van der Waals surface area (Å²) in [4.78, 5) is 0. The SMILES string of the molecule is [2H]C(C)(C)c1ccc(-c2cc[n+]3c(c2)-c2cc(-c4ccccc4)cc4c2C32Oc3ccccc3-c3n(-c5cc(-c6ccccc6)c(C)cc5-c5ccccc5)c5cccc-4c5[n+]32)cc1. The van der Waals surface area contributed by atoms with Gasteiger partial charge in [0.25, 0.3) is 0 Å². The molecular formula is C59H43N3O+2. The third kappa shape index (κ3) is 5.03. The van der Waals surface area contributed by atoms with Crippen molar-refractivity contribution in [1.82, 2.24) is 4.57 Å². The zero-order valence-electron chi connectivity index (χ0n) is 36.3. The number of fused-ring (bicyclic) bond motifs is 5. The van der Waals surface area contributed by atoms with Crippen LogP contribution in [0.15, 0.2) is 200 Å². The molecule has 4 nitrogen and oxygen atoms in total. The standard InChI is InChI=1S/C59H43N3O/c1-37(2)39-26-28-41(29-27-39)44-30-31-60-53(35-44)51-34-45(40-16-7-4-8-17-40)33-50-46-23-15-24-52-57(46)62-58(47-22-13-14-25-55(47)63-59(60,62)56(50)51)61(52)54-36-48(42-18-9-5-10-19-42)38(3)32-49(54)43-20-11-6-12-21-43/h4-37H,1-3H3/q+2/i37D. The summed E-state index contributed by atoms with van der Waals surface area (Å²) in [6, 6.07) is 70.3. The number of para-hydroxylation sites is 2. The van der Waals surface area contributed by atoms with E-state index in [4.69, 9.17) is 6.11 Å². The van der Waals surface area contributed by atoms with Crippen molar-refractivity contribution in [3.63, 3.8) is 0 Å². The van der Waals surface area contributed by atoms with E-state index in [0.717, 1.165) is 95.2 Å². The van der Waals surface area contributed by atoms with Gasteiger partial charge in [-0.3, -0.25) is 0 Å². The van der Waals surface area contributed by atoms with Crippen LogP contribution in [-0.4, -0.2) is 4.57 Å². The predicted molar refractivity (Wildman–Crippen MR) is 254 cm³/mol. The second-order valence-corrected chi connectivity index (χ2v) is 17.4. The molecule has 0 aliphatic carbocycles. The molecule has 3 aliphatic rings. The lowest BCUT2D eigenvalue weighted by molar-refractivity contribution is -0.997. The van der Waals surface area contributed by atoms with Crippen molar-refractivity contribution in [3.8, 4) is 89.7 Å². The summed E-state index contributed by atoms with van der Waals surface area (Å²) in [7, 11) is 0. The highest BCUT2D eigenvalue weighted by Crippen LogP contribution is 2.54. The lowest BCUT2D eigenvalue weighted by atomic mass is 9.85. The molecule has 1 unspecified atom stereocenters. The molecule has 1 atom stereocenters. The van der Waals surface area contributed by atoms with Gasteiger partial charge in [0.1, 0.15) is 22.6 Å². The zero-order chi connectivity index (χ0) is 42.9. The summed E-state index contributed by atoms with van der Waals surface area (Å²) in [5.74, 6) is 0.120. The Morgan fingerprint density at radius 2 is 1.16 bits per heavy atom. The Kier molecular flexibility index (Phi) is 7.38. The van der Waals surface area contributed by atoms with Gasteiger partial charge in [-0.25, -0.2) is 0 Å². The Morgan fingerprint density at radius 3 is 1.89 bits per heavy atom. The van der Waals surface area contributed by atoms with Gasteiger partial charge < -0.3 is 4.74 Å². The van der Waals surface area contributed by atoms with E-state index in [2.05, 4.69) is 221 Å². The third-order valence-corrected chi connectivity index (χ3v) is 13.6. The first-order chi connectivity index (χ1) is 31.3. The molecule has 0 fully saturated rings. The van der Waals surface area contributed by atoms with Crippen LogP contribution in [0, 0.1) is 6.92 Å². The van der Waals surface area contributed by atoms with Gasteiger partial charge in [-0.2, -0.15) is 4.57 Å². The minimum absolute atomic E-state index is 0.680. The number of hydrogen-bond donors (Lipinski definition) is 0. The zero-order valence-corrected chi connectivity index (χ0v) is 35.3. The van der Waals surface area contributed by atoms with Crippen molar-refractivity contribution < 1.29 is 15.2 Å². The molecule has 2 aromatic heterocycles. The smallest absolute Gasteiger partial charge is 0.392 e. The molecule has 0 saturated heterocycles. The third-order valence-electron chi connectivity index (χ3n) is 13.6. The van der Waals surface area contributed by atoms with Crippen LogP contribution < -0.4 is 13.9 Å². The van der Waals surface area contributed by atoms with Crippen molar-refractivity contribution in [2.45, 2.75) is 32.5 Å². The van der Waals surface area contributed by atoms with Crippen molar-refractivity contribution >= 4 is 11.0 Å². The van der Waals surface area contributed by atoms with Gasteiger partial charge in [0, 0.05) is 30.2 Å². The van der Waals surface area contributed by atoms with Gasteiger partial charge in [-0.1, -0.05) is 147 Å². The molecule has 0 amide bonds. The van der Waals surface area contributed by atoms with Crippen LogP contribution in [0.1, 0.15) is 37.8 Å². The van der Waals surface area contributed by atoms with E-state index in [1.165, 1.54) is 22.3 Å². The van der Waals surface area contributed by atoms with Crippen LogP contribution in [-0.2, 0) is 5.85 Å². The molecule has 4 heteroatoms. The number of benzene rings is 8. The minimum atomic E-state index is -1.09. The molecule has 63 heavy (non-hydrogen) atoms. The van der Waals surface area contributed by atoms with E-state index in [-0.39, 0.29) is 0 Å². The largest absolute Gasteiger partial charge is 0.499 e. The van der Waals surface area contributed by atoms with Crippen molar-refractivity contribution in [2.75, 3.05) is 0 Å². The molecule has 0 bridgehead atoms. The number of nitrogens with zero attached hydrogens (tertiary/aromatic N) is 3. The molecular weight excluding hydrogens is 767 g/mol. The number of aromatic nitrogens is 3. The maximum Gasteiger partial charge on any atom is 0.499 e. The van der Waals surface area contributed by atoms with E-state index in [1.807, 2.05) is 13.8 Å². The minimum Gasteiger partial charge on any atom is -0.392 e. The fourth-order valence-electron chi connectivity index (χ4n) is 10.7. The van der Waals surface area contributed by atoms with Crippen molar-refractivity contribution in [3.05, 3.63) is 217 Å². The highest BCUT2D eigenvalue weighted by molar-refractivity contribution is 6.00. The van der Waals surface area contributed by atoms with Crippen LogP contribution >= 0.6 is 0 Å². The van der Waals surface area contributed by atoms with E-state index in [0.29, 0.717) is 0 Å². The van der Waals surface area contributed by atoms with Crippen LogP contribution in [0.4, 0.5) is 0 Å².